The summed E-state index contributed by atoms with van der Waals surface area (Å²) in [6.07, 6.45) is 0. The fourth-order valence-electron chi connectivity index (χ4n) is 1.74. The zero-order valence-corrected chi connectivity index (χ0v) is 13.4. The van der Waals surface area contributed by atoms with Crippen LogP contribution in [-0.2, 0) is 14.8 Å². The lowest BCUT2D eigenvalue weighted by molar-refractivity contribution is 0.0596. The molecule has 0 aliphatic carbocycles. The topological polar surface area (TPSA) is 72.5 Å². The number of halogens is 1. The number of nitrogens with one attached hydrogen (secondary N) is 1. The third-order valence-corrected chi connectivity index (χ3v) is 4.59. The second kappa shape index (κ2) is 6.28. The molecule has 2 aromatic carbocycles. The number of hydrogen-bond donors (Lipinski definition) is 1. The van der Waals surface area contributed by atoms with Crippen LogP contribution < -0.4 is 4.72 Å². The van der Waals surface area contributed by atoms with Crippen molar-refractivity contribution in [2.24, 2.45) is 0 Å². The monoisotopic (exact) mass is 369 g/mol. The van der Waals surface area contributed by atoms with Gasteiger partial charge in [0.2, 0.25) is 0 Å². The fourth-order valence-corrected chi connectivity index (χ4v) is 3.39. The molecule has 0 atom stereocenters. The van der Waals surface area contributed by atoms with Crippen molar-refractivity contribution in [2.75, 3.05) is 11.8 Å². The smallest absolute Gasteiger partial charge is 0.339 e. The Morgan fingerprint density at radius 1 is 1.14 bits per heavy atom. The van der Waals surface area contributed by atoms with Gasteiger partial charge < -0.3 is 4.74 Å². The maximum Gasteiger partial charge on any atom is 0.339 e. The quantitative estimate of drug-likeness (QED) is 0.840. The number of carbonyl (C=O) groups excluding carboxylic acids is 1. The summed E-state index contributed by atoms with van der Waals surface area (Å²) in [6.45, 7) is 0. The molecule has 21 heavy (non-hydrogen) atoms. The number of methoxy groups -OCH3 is 1. The van der Waals surface area contributed by atoms with Crippen molar-refractivity contribution in [3.8, 4) is 0 Å². The zero-order valence-electron chi connectivity index (χ0n) is 11.0. The minimum atomic E-state index is -3.89. The summed E-state index contributed by atoms with van der Waals surface area (Å²) in [4.78, 5) is 11.5. The molecular weight excluding hydrogens is 358 g/mol. The SMILES string of the molecule is COC(=O)c1ccccc1S(=O)(=O)Nc1cccc(Br)c1. The van der Waals surface area contributed by atoms with Gasteiger partial charge in [-0.15, -0.1) is 0 Å². The largest absolute Gasteiger partial charge is 0.465 e. The number of ether oxygens (including phenoxy) is 1. The molecule has 0 bridgehead atoms. The summed E-state index contributed by atoms with van der Waals surface area (Å²) in [5, 5.41) is 0. The third kappa shape index (κ3) is 3.62. The number of anilines is 1. The van der Waals surface area contributed by atoms with Gasteiger partial charge in [0.05, 0.1) is 12.7 Å². The van der Waals surface area contributed by atoms with Crippen LogP contribution in [0.5, 0.6) is 0 Å². The van der Waals surface area contributed by atoms with E-state index in [4.69, 9.17) is 0 Å². The first-order valence-corrected chi connectivity index (χ1v) is 8.17. The molecule has 2 aromatic rings. The van der Waals surface area contributed by atoms with Crippen molar-refractivity contribution < 1.29 is 17.9 Å². The molecule has 2 rings (SSSR count). The van der Waals surface area contributed by atoms with Gasteiger partial charge in [-0.2, -0.15) is 0 Å². The van der Waals surface area contributed by atoms with Crippen LogP contribution in [0.15, 0.2) is 57.9 Å². The summed E-state index contributed by atoms with van der Waals surface area (Å²) in [6, 6.07) is 12.6. The molecule has 5 nitrogen and oxygen atoms in total. The molecular formula is C14H12BrNO4S. The first-order valence-electron chi connectivity index (χ1n) is 5.90. The summed E-state index contributed by atoms with van der Waals surface area (Å²) in [5.41, 5.74) is 0.381. The summed E-state index contributed by atoms with van der Waals surface area (Å²) >= 11 is 3.27. The highest BCUT2D eigenvalue weighted by molar-refractivity contribution is 9.10. The van der Waals surface area contributed by atoms with Gasteiger partial charge in [-0.1, -0.05) is 34.1 Å². The Morgan fingerprint density at radius 2 is 1.86 bits per heavy atom. The minimum absolute atomic E-state index is 0.0116. The van der Waals surface area contributed by atoms with E-state index in [0.29, 0.717) is 5.69 Å². The van der Waals surface area contributed by atoms with Crippen molar-refractivity contribution in [1.82, 2.24) is 0 Å². The Labute approximate surface area is 131 Å². The number of sulfonamides is 1. The van der Waals surface area contributed by atoms with E-state index in [2.05, 4.69) is 25.4 Å². The van der Waals surface area contributed by atoms with Gasteiger partial charge in [0.15, 0.2) is 0 Å². The second-order valence-electron chi connectivity index (χ2n) is 4.10. The van der Waals surface area contributed by atoms with E-state index in [9.17, 15) is 13.2 Å². The van der Waals surface area contributed by atoms with Crippen molar-refractivity contribution >= 4 is 37.6 Å². The van der Waals surface area contributed by atoms with Crippen LogP contribution in [-0.4, -0.2) is 21.5 Å². The molecule has 1 N–H and O–H groups in total. The van der Waals surface area contributed by atoms with Gasteiger partial charge in [0.25, 0.3) is 10.0 Å². The number of esters is 1. The number of benzene rings is 2. The van der Waals surface area contributed by atoms with Crippen molar-refractivity contribution in [1.29, 1.82) is 0 Å². The standard InChI is InChI=1S/C14H12BrNO4S/c1-20-14(17)12-7-2-3-8-13(12)21(18,19)16-11-6-4-5-10(15)9-11/h2-9,16H,1H3. The second-order valence-corrected chi connectivity index (χ2v) is 6.67. The van der Waals surface area contributed by atoms with Crippen LogP contribution in [0.3, 0.4) is 0 Å². The van der Waals surface area contributed by atoms with Crippen LogP contribution in [0.25, 0.3) is 0 Å². The average molecular weight is 370 g/mol. The molecule has 7 heteroatoms. The highest BCUT2D eigenvalue weighted by Gasteiger charge is 2.22. The molecule has 0 aromatic heterocycles. The Morgan fingerprint density at radius 3 is 2.52 bits per heavy atom. The Kier molecular flexibility index (Phi) is 4.64. The normalized spacial score (nSPS) is 11.0. The van der Waals surface area contributed by atoms with E-state index < -0.39 is 16.0 Å². The van der Waals surface area contributed by atoms with Crippen LogP contribution in [0.4, 0.5) is 5.69 Å². The van der Waals surface area contributed by atoms with Crippen molar-refractivity contribution in [2.45, 2.75) is 4.90 Å². The molecule has 0 unspecified atom stereocenters. The number of carbonyl (C=O) groups is 1. The fraction of sp³-hybridized carbons (Fsp3) is 0.0714. The lowest BCUT2D eigenvalue weighted by Gasteiger charge is -2.11. The maximum absolute atomic E-state index is 12.4. The number of rotatable bonds is 4. The van der Waals surface area contributed by atoms with E-state index in [1.807, 2.05) is 0 Å². The van der Waals surface area contributed by atoms with E-state index in [1.54, 1.807) is 36.4 Å². The van der Waals surface area contributed by atoms with E-state index in [1.165, 1.54) is 19.2 Å². The zero-order chi connectivity index (χ0) is 15.5. The molecule has 0 fully saturated rings. The molecule has 0 saturated heterocycles. The van der Waals surface area contributed by atoms with Crippen molar-refractivity contribution in [3.05, 3.63) is 58.6 Å². The van der Waals surface area contributed by atoms with Gasteiger partial charge in [-0.3, -0.25) is 4.72 Å². The Hall–Kier alpha value is -1.86. The van der Waals surface area contributed by atoms with Gasteiger partial charge in [0, 0.05) is 10.2 Å². The number of hydrogen-bond acceptors (Lipinski definition) is 4. The predicted molar refractivity (Wildman–Crippen MR) is 82.7 cm³/mol. The van der Waals surface area contributed by atoms with Crippen molar-refractivity contribution in [3.63, 3.8) is 0 Å². The molecule has 0 saturated carbocycles. The first kappa shape index (κ1) is 15.5. The van der Waals surface area contributed by atoms with E-state index in [0.717, 1.165) is 4.47 Å². The molecule has 0 aliphatic heterocycles. The molecule has 0 radical (unpaired) electrons. The lowest BCUT2D eigenvalue weighted by Crippen LogP contribution is -2.17. The first-order chi connectivity index (χ1) is 9.94. The van der Waals surface area contributed by atoms with Crippen LogP contribution >= 0.6 is 15.9 Å². The van der Waals surface area contributed by atoms with E-state index in [-0.39, 0.29) is 10.5 Å². The summed E-state index contributed by atoms with van der Waals surface area (Å²) in [7, 11) is -2.69. The highest BCUT2D eigenvalue weighted by atomic mass is 79.9. The Bertz CT molecular complexity index is 774. The molecule has 0 heterocycles. The van der Waals surface area contributed by atoms with Crippen LogP contribution in [0.2, 0.25) is 0 Å². The van der Waals surface area contributed by atoms with Gasteiger partial charge in [0.1, 0.15) is 4.90 Å². The van der Waals surface area contributed by atoms with Gasteiger partial charge >= 0.3 is 5.97 Å². The molecule has 0 spiro atoms. The summed E-state index contributed by atoms with van der Waals surface area (Å²) < 4.78 is 32.6. The minimum Gasteiger partial charge on any atom is -0.465 e. The maximum atomic E-state index is 12.4. The van der Waals surface area contributed by atoms with Gasteiger partial charge in [-0.25, -0.2) is 13.2 Å². The molecule has 0 amide bonds. The van der Waals surface area contributed by atoms with Crippen LogP contribution in [0.1, 0.15) is 10.4 Å². The summed E-state index contributed by atoms with van der Waals surface area (Å²) in [5.74, 6) is -0.704. The third-order valence-electron chi connectivity index (χ3n) is 2.66. The molecule has 0 aliphatic rings. The van der Waals surface area contributed by atoms with Crippen LogP contribution in [0, 0.1) is 0 Å². The van der Waals surface area contributed by atoms with Gasteiger partial charge in [-0.05, 0) is 30.3 Å². The van der Waals surface area contributed by atoms with E-state index >= 15 is 0 Å². The average Bonchev–Trinajstić information content (AvgIpc) is 2.46. The lowest BCUT2D eigenvalue weighted by atomic mass is 10.2. The predicted octanol–water partition coefficient (Wildman–Crippen LogP) is 3.04. The Balaban J connectivity index is 2.43. The molecule has 110 valence electrons. The highest BCUT2D eigenvalue weighted by Crippen LogP contribution is 2.22.